The zero-order valence-corrected chi connectivity index (χ0v) is 12.7. The molecule has 0 bridgehead atoms. The summed E-state index contributed by atoms with van der Waals surface area (Å²) in [6, 6.07) is 0. The van der Waals surface area contributed by atoms with E-state index in [1.54, 1.807) is 0 Å². The summed E-state index contributed by atoms with van der Waals surface area (Å²) in [5, 5.41) is 0. The van der Waals surface area contributed by atoms with Crippen LogP contribution in [-0.2, 0) is 0 Å². The van der Waals surface area contributed by atoms with E-state index in [4.69, 9.17) is 0 Å². The molecule has 0 aromatic carbocycles. The molecule has 3 unspecified atom stereocenters. The van der Waals surface area contributed by atoms with E-state index >= 15 is 0 Å². The van der Waals surface area contributed by atoms with Crippen LogP contribution < -0.4 is 0 Å². The van der Waals surface area contributed by atoms with Crippen molar-refractivity contribution in [3.63, 3.8) is 0 Å². The Hall–Kier alpha value is -0.260. The molecular weight excluding hydrogens is 204 g/mol. The Morgan fingerprint density at radius 2 is 2.00 bits per heavy atom. The fraction of sp³-hybridized carbons (Fsp3) is 0.882. The molecule has 1 saturated carbocycles. The Morgan fingerprint density at radius 3 is 2.41 bits per heavy atom. The van der Waals surface area contributed by atoms with Crippen molar-refractivity contribution in [2.75, 3.05) is 0 Å². The maximum absolute atomic E-state index is 4.10. The van der Waals surface area contributed by atoms with Gasteiger partial charge in [-0.15, -0.1) is 0 Å². The quantitative estimate of drug-likeness (QED) is 0.465. The van der Waals surface area contributed by atoms with Gasteiger partial charge in [0.1, 0.15) is 0 Å². The van der Waals surface area contributed by atoms with E-state index in [9.17, 15) is 0 Å². The van der Waals surface area contributed by atoms with Crippen molar-refractivity contribution in [1.29, 1.82) is 0 Å². The summed E-state index contributed by atoms with van der Waals surface area (Å²) in [7, 11) is 0. The lowest BCUT2D eigenvalue weighted by atomic mass is 9.77. The smallest absolute Gasteiger partial charge is 0.0177 e. The summed E-state index contributed by atoms with van der Waals surface area (Å²) in [6.45, 7) is 15.9. The zero-order chi connectivity index (χ0) is 13.1. The number of rotatable bonds is 8. The number of hydrogen-bond acceptors (Lipinski definition) is 0. The summed E-state index contributed by atoms with van der Waals surface area (Å²) in [6.07, 6.45) is 8.32. The highest BCUT2D eigenvalue weighted by Crippen LogP contribution is 2.49. The maximum Gasteiger partial charge on any atom is -0.0177 e. The van der Waals surface area contributed by atoms with Crippen LogP contribution in [-0.4, -0.2) is 0 Å². The third kappa shape index (κ3) is 4.85. The first kappa shape index (κ1) is 14.8. The molecule has 1 aliphatic rings. The second kappa shape index (κ2) is 6.07. The van der Waals surface area contributed by atoms with Crippen LogP contribution >= 0.6 is 0 Å². The molecule has 17 heavy (non-hydrogen) atoms. The van der Waals surface area contributed by atoms with Crippen LogP contribution in [0.25, 0.3) is 0 Å². The molecule has 0 heterocycles. The minimum absolute atomic E-state index is 0.545. The predicted molar refractivity (Wildman–Crippen MR) is 78.1 cm³/mol. The second-order valence-electron chi connectivity index (χ2n) is 7.08. The van der Waals surface area contributed by atoms with Gasteiger partial charge in [0, 0.05) is 0 Å². The Morgan fingerprint density at radius 1 is 1.35 bits per heavy atom. The summed E-state index contributed by atoms with van der Waals surface area (Å²) in [5.41, 5.74) is 1.96. The molecule has 0 radical (unpaired) electrons. The van der Waals surface area contributed by atoms with Gasteiger partial charge in [0.05, 0.1) is 0 Å². The van der Waals surface area contributed by atoms with Gasteiger partial charge in [0.2, 0.25) is 0 Å². The highest BCUT2D eigenvalue weighted by molar-refractivity contribution is 5.09. The third-order valence-corrected chi connectivity index (χ3v) is 4.54. The first-order valence-corrected chi connectivity index (χ1v) is 7.55. The van der Waals surface area contributed by atoms with Crippen LogP contribution in [0.4, 0.5) is 0 Å². The van der Waals surface area contributed by atoms with Gasteiger partial charge in [-0.25, -0.2) is 0 Å². The first-order chi connectivity index (χ1) is 7.89. The van der Waals surface area contributed by atoms with Gasteiger partial charge >= 0.3 is 0 Å². The average Bonchev–Trinajstić information content (AvgIpc) is 2.95. The molecule has 0 aromatic rings. The van der Waals surface area contributed by atoms with Gasteiger partial charge in [-0.05, 0) is 55.8 Å². The molecule has 0 N–H and O–H groups in total. The van der Waals surface area contributed by atoms with Gasteiger partial charge in [-0.3, -0.25) is 0 Å². The van der Waals surface area contributed by atoms with E-state index in [0.29, 0.717) is 5.41 Å². The van der Waals surface area contributed by atoms with Crippen molar-refractivity contribution >= 4 is 0 Å². The molecule has 0 aromatic heterocycles. The van der Waals surface area contributed by atoms with Crippen LogP contribution in [0.15, 0.2) is 12.2 Å². The van der Waals surface area contributed by atoms with Crippen LogP contribution in [0.1, 0.15) is 73.1 Å². The van der Waals surface area contributed by atoms with E-state index < -0.39 is 0 Å². The first-order valence-electron chi connectivity index (χ1n) is 7.55. The average molecular weight is 236 g/mol. The summed E-state index contributed by atoms with van der Waals surface area (Å²) in [5.74, 6) is 2.76. The van der Waals surface area contributed by atoms with Gasteiger partial charge in [0.15, 0.2) is 0 Å². The monoisotopic (exact) mass is 236 g/mol. The summed E-state index contributed by atoms with van der Waals surface area (Å²) >= 11 is 0. The number of hydrogen-bond donors (Lipinski definition) is 0. The van der Waals surface area contributed by atoms with E-state index in [1.807, 2.05) is 0 Å². The molecule has 0 nitrogen and oxygen atoms in total. The normalized spacial score (nSPS) is 25.7. The highest BCUT2D eigenvalue weighted by Gasteiger charge is 2.39. The minimum atomic E-state index is 0.545. The predicted octanol–water partition coefficient (Wildman–Crippen LogP) is 5.83. The highest BCUT2D eigenvalue weighted by atomic mass is 14.4. The lowest BCUT2D eigenvalue weighted by Gasteiger charge is -2.29. The Bertz CT molecular complexity index is 249. The van der Waals surface area contributed by atoms with Crippen molar-refractivity contribution < 1.29 is 0 Å². The third-order valence-electron chi connectivity index (χ3n) is 4.54. The molecule has 0 saturated heterocycles. The molecule has 0 aliphatic heterocycles. The van der Waals surface area contributed by atoms with E-state index in [2.05, 4.69) is 41.2 Å². The molecule has 3 atom stereocenters. The molecule has 0 heteroatoms. The fourth-order valence-electron chi connectivity index (χ4n) is 3.49. The Balaban J connectivity index is 2.37. The summed E-state index contributed by atoms with van der Waals surface area (Å²) in [4.78, 5) is 0. The molecule has 1 fully saturated rings. The Labute approximate surface area is 109 Å². The van der Waals surface area contributed by atoms with Gasteiger partial charge in [-0.2, -0.15) is 0 Å². The van der Waals surface area contributed by atoms with E-state index in [0.717, 1.165) is 17.8 Å². The molecular formula is C17H32. The van der Waals surface area contributed by atoms with Gasteiger partial charge in [0.25, 0.3) is 0 Å². The fourth-order valence-corrected chi connectivity index (χ4v) is 3.49. The lowest BCUT2D eigenvalue weighted by molar-refractivity contribution is 0.226. The Kier molecular flexibility index (Phi) is 5.28. The van der Waals surface area contributed by atoms with Gasteiger partial charge < -0.3 is 0 Å². The van der Waals surface area contributed by atoms with Crippen LogP contribution in [0, 0.1) is 23.2 Å². The topological polar surface area (TPSA) is 0 Å². The van der Waals surface area contributed by atoms with Crippen molar-refractivity contribution in [3.05, 3.63) is 12.2 Å². The van der Waals surface area contributed by atoms with Crippen LogP contribution in [0.3, 0.4) is 0 Å². The van der Waals surface area contributed by atoms with Crippen molar-refractivity contribution in [3.8, 4) is 0 Å². The molecule has 1 rings (SSSR count). The lowest BCUT2D eigenvalue weighted by Crippen LogP contribution is -2.17. The van der Waals surface area contributed by atoms with Crippen molar-refractivity contribution in [2.45, 2.75) is 73.1 Å². The van der Waals surface area contributed by atoms with Crippen molar-refractivity contribution in [2.24, 2.45) is 23.2 Å². The summed E-state index contributed by atoms with van der Waals surface area (Å²) < 4.78 is 0. The SMILES string of the molecule is C=C(C)C1CC1CC(CC)CC(C)(C)CCC. The van der Waals surface area contributed by atoms with Crippen LogP contribution in [0.2, 0.25) is 0 Å². The molecule has 100 valence electrons. The van der Waals surface area contributed by atoms with Crippen molar-refractivity contribution in [1.82, 2.24) is 0 Å². The molecule has 1 aliphatic carbocycles. The second-order valence-corrected chi connectivity index (χ2v) is 7.08. The molecule has 0 spiro atoms. The minimum Gasteiger partial charge on any atom is -0.0999 e. The van der Waals surface area contributed by atoms with Gasteiger partial charge in [-0.1, -0.05) is 52.7 Å². The standard InChI is InChI=1S/C17H32/c1-7-9-17(5,6)12-14(8-2)10-15-11-16(15)13(3)4/h14-16H,3,7-12H2,1-2,4-6H3. The van der Waals surface area contributed by atoms with E-state index in [1.165, 1.54) is 44.1 Å². The van der Waals surface area contributed by atoms with Crippen LogP contribution in [0.5, 0.6) is 0 Å². The van der Waals surface area contributed by atoms with E-state index in [-0.39, 0.29) is 0 Å². The molecule has 0 amide bonds. The maximum atomic E-state index is 4.10. The number of allylic oxidation sites excluding steroid dienone is 1. The largest absolute Gasteiger partial charge is 0.0999 e. The zero-order valence-electron chi connectivity index (χ0n) is 12.7.